The van der Waals surface area contributed by atoms with Crippen LogP contribution in [0.15, 0.2) is 41.8 Å². The minimum absolute atomic E-state index is 0.0115. The van der Waals surface area contributed by atoms with Crippen LogP contribution in [-0.4, -0.2) is 63.7 Å². The van der Waals surface area contributed by atoms with Gasteiger partial charge >= 0.3 is 0 Å². The number of nitrogens with two attached hydrogens (primary N) is 1. The molecule has 2 saturated heterocycles. The molecule has 35 heavy (non-hydrogen) atoms. The molecule has 0 aliphatic carbocycles. The molecule has 2 aromatic rings. The monoisotopic (exact) mass is 478 g/mol. The molecule has 1 amide bonds. The molecule has 0 unspecified atom stereocenters. The van der Waals surface area contributed by atoms with Gasteiger partial charge in [-0.25, -0.2) is 4.98 Å². The fourth-order valence-electron chi connectivity index (χ4n) is 5.05. The van der Waals surface area contributed by atoms with Crippen LogP contribution in [-0.2, 0) is 16.2 Å². The fourth-order valence-corrected chi connectivity index (χ4v) is 5.05. The number of hydrogen-bond donors (Lipinski definition) is 1. The van der Waals surface area contributed by atoms with E-state index in [1.807, 2.05) is 38.2 Å². The van der Waals surface area contributed by atoms with Gasteiger partial charge in [0, 0.05) is 43.9 Å². The number of oxime groups is 1. The Morgan fingerprint density at radius 3 is 2.46 bits per heavy atom. The SMILES string of the molecule is Cc1cccnc1/C(=N/OC(C)C)C1CCN(C(=O)C2CCN(Cc3ccnc(N)c3)CC2)CC1. The van der Waals surface area contributed by atoms with Crippen molar-refractivity contribution in [2.24, 2.45) is 17.0 Å². The Kier molecular flexibility index (Phi) is 8.33. The van der Waals surface area contributed by atoms with Gasteiger partial charge in [-0.15, -0.1) is 0 Å². The van der Waals surface area contributed by atoms with Crippen molar-refractivity contribution in [2.75, 3.05) is 31.9 Å². The molecular formula is C27H38N6O2. The lowest BCUT2D eigenvalue weighted by atomic mass is 9.87. The molecule has 0 spiro atoms. The highest BCUT2D eigenvalue weighted by Crippen LogP contribution is 2.27. The van der Waals surface area contributed by atoms with Crippen molar-refractivity contribution in [3.63, 3.8) is 0 Å². The predicted molar refractivity (Wildman–Crippen MR) is 138 cm³/mol. The molecule has 0 radical (unpaired) electrons. The summed E-state index contributed by atoms with van der Waals surface area (Å²) in [5, 5.41) is 4.52. The number of nitrogens with zero attached hydrogens (tertiary/aromatic N) is 5. The van der Waals surface area contributed by atoms with Crippen molar-refractivity contribution < 1.29 is 9.63 Å². The van der Waals surface area contributed by atoms with E-state index < -0.39 is 0 Å². The topological polar surface area (TPSA) is 96.9 Å². The van der Waals surface area contributed by atoms with Gasteiger partial charge in [-0.3, -0.25) is 14.7 Å². The molecule has 0 aromatic carbocycles. The third-order valence-electron chi connectivity index (χ3n) is 7.00. The Morgan fingerprint density at radius 2 is 1.80 bits per heavy atom. The maximum atomic E-state index is 13.3. The third-order valence-corrected chi connectivity index (χ3v) is 7.00. The first kappa shape index (κ1) is 25.1. The van der Waals surface area contributed by atoms with Crippen molar-refractivity contribution in [3.05, 3.63) is 53.5 Å². The third kappa shape index (κ3) is 6.57. The smallest absolute Gasteiger partial charge is 0.225 e. The molecule has 8 nitrogen and oxygen atoms in total. The molecule has 4 heterocycles. The zero-order chi connectivity index (χ0) is 24.8. The highest BCUT2D eigenvalue weighted by molar-refractivity contribution is 6.01. The molecule has 2 fully saturated rings. The molecule has 188 valence electrons. The Balaban J connectivity index is 1.31. The summed E-state index contributed by atoms with van der Waals surface area (Å²) in [4.78, 5) is 32.1. The Bertz CT molecular complexity index is 1020. The largest absolute Gasteiger partial charge is 0.393 e. The fraction of sp³-hybridized carbons (Fsp3) is 0.556. The second-order valence-electron chi connectivity index (χ2n) is 10.0. The van der Waals surface area contributed by atoms with E-state index in [1.54, 1.807) is 6.20 Å². The van der Waals surface area contributed by atoms with Crippen LogP contribution in [0.5, 0.6) is 0 Å². The van der Waals surface area contributed by atoms with E-state index in [9.17, 15) is 4.79 Å². The van der Waals surface area contributed by atoms with Crippen molar-refractivity contribution in [1.29, 1.82) is 0 Å². The summed E-state index contributed by atoms with van der Waals surface area (Å²) in [5.41, 5.74) is 9.89. The first-order valence-electron chi connectivity index (χ1n) is 12.8. The molecular weight excluding hydrogens is 440 g/mol. The number of nitrogen functional groups attached to an aromatic ring is 1. The molecule has 2 N–H and O–H groups in total. The minimum atomic E-state index is 0.0115. The molecule has 2 aromatic heterocycles. The molecule has 0 atom stereocenters. The van der Waals surface area contributed by atoms with Crippen molar-refractivity contribution >= 4 is 17.4 Å². The molecule has 2 aliphatic rings. The lowest BCUT2D eigenvalue weighted by molar-refractivity contribution is -0.138. The lowest BCUT2D eigenvalue weighted by Gasteiger charge is -2.37. The van der Waals surface area contributed by atoms with Crippen LogP contribution in [0, 0.1) is 18.8 Å². The van der Waals surface area contributed by atoms with Gasteiger partial charge in [0.05, 0.1) is 5.69 Å². The highest BCUT2D eigenvalue weighted by Gasteiger charge is 2.33. The highest BCUT2D eigenvalue weighted by atomic mass is 16.6. The minimum Gasteiger partial charge on any atom is -0.393 e. The summed E-state index contributed by atoms with van der Waals surface area (Å²) >= 11 is 0. The van der Waals surface area contributed by atoms with Crippen LogP contribution in [0.3, 0.4) is 0 Å². The van der Waals surface area contributed by atoms with Crippen LogP contribution in [0.4, 0.5) is 5.82 Å². The Morgan fingerprint density at radius 1 is 1.09 bits per heavy atom. The maximum Gasteiger partial charge on any atom is 0.225 e. The van der Waals surface area contributed by atoms with Gasteiger partial charge in [0.25, 0.3) is 0 Å². The standard InChI is InChI=1S/C27H38N6O2/c1-19(2)35-31-26(25-20(3)5-4-11-30-25)22-9-15-33(16-10-22)27(34)23-7-13-32(14-8-23)18-21-6-12-29-24(28)17-21/h4-6,11-12,17,19,22-23H,7-10,13-16,18H2,1-3H3,(H2,28,29)/b31-26+. The number of piperidine rings is 2. The summed E-state index contributed by atoms with van der Waals surface area (Å²) < 4.78 is 0. The van der Waals surface area contributed by atoms with Gasteiger partial charge in [-0.05, 0) is 88.9 Å². The molecule has 0 saturated carbocycles. The molecule has 2 aliphatic heterocycles. The average molecular weight is 479 g/mol. The van der Waals surface area contributed by atoms with E-state index in [2.05, 4.69) is 37.9 Å². The number of carbonyl (C=O) groups is 1. The van der Waals surface area contributed by atoms with Gasteiger partial charge in [0.2, 0.25) is 5.91 Å². The Labute approximate surface area is 208 Å². The number of aryl methyl sites for hydroxylation is 1. The number of amides is 1. The number of hydrogen-bond acceptors (Lipinski definition) is 7. The van der Waals surface area contributed by atoms with E-state index in [-0.39, 0.29) is 17.9 Å². The number of likely N-dealkylation sites (tertiary alicyclic amines) is 2. The van der Waals surface area contributed by atoms with Gasteiger partial charge < -0.3 is 15.5 Å². The van der Waals surface area contributed by atoms with E-state index in [0.29, 0.717) is 11.7 Å². The second kappa shape index (κ2) is 11.6. The van der Waals surface area contributed by atoms with Crippen LogP contribution in [0.25, 0.3) is 0 Å². The number of anilines is 1. The van der Waals surface area contributed by atoms with Crippen LogP contribution in [0.2, 0.25) is 0 Å². The van der Waals surface area contributed by atoms with Gasteiger partial charge in [0.1, 0.15) is 17.6 Å². The van der Waals surface area contributed by atoms with Crippen LogP contribution < -0.4 is 5.73 Å². The van der Waals surface area contributed by atoms with Crippen molar-refractivity contribution in [1.82, 2.24) is 19.8 Å². The van der Waals surface area contributed by atoms with Gasteiger partial charge in [-0.1, -0.05) is 11.2 Å². The Hall–Kier alpha value is -3.00. The lowest BCUT2D eigenvalue weighted by Crippen LogP contribution is -2.46. The molecule has 0 bridgehead atoms. The van der Waals surface area contributed by atoms with Crippen molar-refractivity contribution in [3.8, 4) is 0 Å². The molecule has 8 heteroatoms. The van der Waals surface area contributed by atoms with E-state index in [1.165, 1.54) is 5.56 Å². The maximum absolute atomic E-state index is 13.3. The first-order chi connectivity index (χ1) is 16.9. The first-order valence-corrected chi connectivity index (χ1v) is 12.8. The normalized spacial score (nSPS) is 18.7. The van der Waals surface area contributed by atoms with Crippen molar-refractivity contribution in [2.45, 2.75) is 59.1 Å². The predicted octanol–water partition coefficient (Wildman–Crippen LogP) is 3.65. The summed E-state index contributed by atoms with van der Waals surface area (Å²) in [5.74, 6) is 1.21. The second-order valence-corrected chi connectivity index (χ2v) is 10.0. The van der Waals surface area contributed by atoms with E-state index in [0.717, 1.165) is 75.4 Å². The number of rotatable bonds is 7. The van der Waals surface area contributed by atoms with Gasteiger partial charge in [-0.2, -0.15) is 0 Å². The zero-order valence-corrected chi connectivity index (χ0v) is 21.2. The summed E-state index contributed by atoms with van der Waals surface area (Å²) in [6.07, 6.45) is 7.14. The molecule has 4 rings (SSSR count). The number of carbonyl (C=O) groups excluding carboxylic acids is 1. The van der Waals surface area contributed by atoms with Crippen LogP contribution in [0.1, 0.15) is 56.4 Å². The van der Waals surface area contributed by atoms with Gasteiger partial charge in [0.15, 0.2) is 0 Å². The summed E-state index contributed by atoms with van der Waals surface area (Å²) in [6, 6.07) is 7.94. The van der Waals surface area contributed by atoms with E-state index in [4.69, 9.17) is 10.6 Å². The van der Waals surface area contributed by atoms with Crippen LogP contribution >= 0.6 is 0 Å². The zero-order valence-electron chi connectivity index (χ0n) is 21.2. The van der Waals surface area contributed by atoms with E-state index >= 15 is 0 Å². The summed E-state index contributed by atoms with van der Waals surface area (Å²) in [7, 11) is 0. The number of aromatic nitrogens is 2. The number of pyridine rings is 2. The average Bonchev–Trinajstić information content (AvgIpc) is 2.85. The quantitative estimate of drug-likeness (QED) is 0.482. The summed E-state index contributed by atoms with van der Waals surface area (Å²) in [6.45, 7) is 10.2.